The van der Waals surface area contributed by atoms with E-state index >= 15 is 0 Å². The van der Waals surface area contributed by atoms with Gasteiger partial charge in [0.05, 0.1) is 0 Å². The van der Waals surface area contributed by atoms with Crippen molar-refractivity contribution in [2.75, 3.05) is 12.4 Å². The molecule has 84 valence electrons. The molecule has 0 bridgehead atoms. The molecule has 0 spiro atoms. The monoisotopic (exact) mass is 215 g/mol. The largest absolute Gasteiger partial charge is 0.359 e. The van der Waals surface area contributed by atoms with Crippen LogP contribution < -0.4 is 5.32 Å². The van der Waals surface area contributed by atoms with Gasteiger partial charge in [0.1, 0.15) is 0 Å². The molecule has 2 rings (SSSR count). The fraction of sp³-hybridized carbons (Fsp3) is 0.308. The second-order valence-electron chi connectivity index (χ2n) is 3.87. The molecule has 1 N–H and O–H groups in total. The number of nitrogens with zero attached hydrogens (tertiary/aromatic N) is 2. The van der Waals surface area contributed by atoms with Crippen molar-refractivity contribution in [2.45, 2.75) is 19.9 Å². The van der Waals surface area contributed by atoms with E-state index in [1.807, 2.05) is 19.4 Å². The fourth-order valence-corrected chi connectivity index (χ4v) is 1.85. The molecule has 3 heteroatoms. The summed E-state index contributed by atoms with van der Waals surface area (Å²) in [6, 6.07) is 8.51. The maximum atomic E-state index is 4.22. The number of aryl methyl sites for hydroxylation is 3. The van der Waals surface area contributed by atoms with E-state index in [0.717, 1.165) is 18.9 Å². The lowest BCUT2D eigenvalue weighted by atomic mass is 10.1. The summed E-state index contributed by atoms with van der Waals surface area (Å²) >= 11 is 0. The highest BCUT2D eigenvalue weighted by atomic mass is 15.2. The maximum absolute atomic E-state index is 4.22. The van der Waals surface area contributed by atoms with Crippen molar-refractivity contribution in [1.29, 1.82) is 0 Å². The number of hydrogen-bond donors (Lipinski definition) is 1. The lowest BCUT2D eigenvalue weighted by Crippen LogP contribution is -2.05. The molecule has 0 amide bonds. The van der Waals surface area contributed by atoms with Crippen LogP contribution in [0.2, 0.25) is 0 Å². The molecule has 0 atom stereocenters. The first-order chi connectivity index (χ1) is 7.81. The van der Waals surface area contributed by atoms with Crippen LogP contribution in [-0.2, 0) is 13.0 Å². The van der Waals surface area contributed by atoms with Gasteiger partial charge >= 0.3 is 0 Å². The molecule has 0 saturated heterocycles. The molecule has 0 fully saturated rings. The van der Waals surface area contributed by atoms with E-state index in [2.05, 4.69) is 46.1 Å². The smallest absolute Gasteiger partial charge is 0.202 e. The average molecular weight is 215 g/mol. The predicted molar refractivity (Wildman–Crippen MR) is 66.7 cm³/mol. The van der Waals surface area contributed by atoms with Gasteiger partial charge in [-0.15, -0.1) is 0 Å². The van der Waals surface area contributed by atoms with Crippen molar-refractivity contribution in [3.8, 4) is 0 Å². The van der Waals surface area contributed by atoms with E-state index in [9.17, 15) is 0 Å². The van der Waals surface area contributed by atoms with Crippen molar-refractivity contribution in [3.63, 3.8) is 0 Å². The summed E-state index contributed by atoms with van der Waals surface area (Å²) in [6.07, 6.45) is 4.87. The second kappa shape index (κ2) is 4.84. The Morgan fingerprint density at radius 3 is 2.88 bits per heavy atom. The van der Waals surface area contributed by atoms with Crippen LogP contribution in [-0.4, -0.2) is 16.6 Å². The molecular formula is C13H17N3. The summed E-state index contributed by atoms with van der Waals surface area (Å²) in [5.41, 5.74) is 2.76. The predicted octanol–water partition coefficient (Wildman–Crippen LogP) is 2.48. The summed E-state index contributed by atoms with van der Waals surface area (Å²) in [5, 5.41) is 3.08. The van der Waals surface area contributed by atoms with Crippen molar-refractivity contribution in [1.82, 2.24) is 9.55 Å². The lowest BCUT2D eigenvalue weighted by molar-refractivity contribution is 0.700. The summed E-state index contributed by atoms with van der Waals surface area (Å²) in [4.78, 5) is 4.22. The highest BCUT2D eigenvalue weighted by Gasteiger charge is 2.01. The topological polar surface area (TPSA) is 29.9 Å². The Labute approximate surface area is 96.1 Å². The van der Waals surface area contributed by atoms with Crippen LogP contribution >= 0.6 is 0 Å². The quantitative estimate of drug-likeness (QED) is 0.849. The molecule has 0 aliphatic heterocycles. The van der Waals surface area contributed by atoms with Crippen molar-refractivity contribution < 1.29 is 0 Å². The average Bonchev–Trinajstić information content (AvgIpc) is 2.75. The van der Waals surface area contributed by atoms with Crippen molar-refractivity contribution in [2.24, 2.45) is 0 Å². The van der Waals surface area contributed by atoms with Gasteiger partial charge in [-0.3, -0.25) is 0 Å². The molecule has 1 heterocycles. The number of nitrogens with one attached hydrogen (secondary N) is 1. The van der Waals surface area contributed by atoms with E-state index in [4.69, 9.17) is 0 Å². The first-order valence-electron chi connectivity index (χ1n) is 5.54. The highest BCUT2D eigenvalue weighted by molar-refractivity contribution is 5.27. The summed E-state index contributed by atoms with van der Waals surface area (Å²) < 4.78 is 2.13. The van der Waals surface area contributed by atoms with Crippen LogP contribution in [0.15, 0.2) is 36.7 Å². The summed E-state index contributed by atoms with van der Waals surface area (Å²) in [6.45, 7) is 3.11. The lowest BCUT2D eigenvalue weighted by Gasteiger charge is -2.08. The Hall–Kier alpha value is -1.77. The standard InChI is InChI=1S/C13H17N3/c1-11-5-3-4-6-12(11)7-9-16-10-8-15-13(16)14-2/h3-6,8,10H,7,9H2,1-2H3,(H,14,15). The molecule has 1 aromatic carbocycles. The number of anilines is 1. The van der Waals surface area contributed by atoms with E-state index in [1.54, 1.807) is 0 Å². The molecule has 0 radical (unpaired) electrons. The minimum absolute atomic E-state index is 0.925. The number of rotatable bonds is 4. The molecule has 0 aliphatic carbocycles. The Morgan fingerprint density at radius 1 is 1.31 bits per heavy atom. The molecule has 0 unspecified atom stereocenters. The summed E-state index contributed by atoms with van der Waals surface area (Å²) in [7, 11) is 1.90. The minimum Gasteiger partial charge on any atom is -0.359 e. The Morgan fingerprint density at radius 2 is 2.12 bits per heavy atom. The number of hydrogen-bond acceptors (Lipinski definition) is 2. The molecule has 0 saturated carbocycles. The van der Waals surface area contributed by atoms with Crippen molar-refractivity contribution in [3.05, 3.63) is 47.8 Å². The van der Waals surface area contributed by atoms with Gasteiger partial charge in [0.2, 0.25) is 5.95 Å². The molecule has 1 aromatic heterocycles. The van der Waals surface area contributed by atoms with Gasteiger partial charge in [-0.1, -0.05) is 24.3 Å². The van der Waals surface area contributed by atoms with Crippen LogP contribution in [0.25, 0.3) is 0 Å². The normalized spacial score (nSPS) is 10.4. The number of benzene rings is 1. The Kier molecular flexibility index (Phi) is 3.25. The molecule has 2 aromatic rings. The van der Waals surface area contributed by atoms with E-state index < -0.39 is 0 Å². The second-order valence-corrected chi connectivity index (χ2v) is 3.87. The third-order valence-corrected chi connectivity index (χ3v) is 2.82. The number of aromatic nitrogens is 2. The molecule has 0 aliphatic rings. The first kappa shape index (κ1) is 10.7. The van der Waals surface area contributed by atoms with Crippen LogP contribution in [0.4, 0.5) is 5.95 Å². The van der Waals surface area contributed by atoms with Crippen LogP contribution in [0.1, 0.15) is 11.1 Å². The van der Waals surface area contributed by atoms with E-state index in [1.165, 1.54) is 11.1 Å². The minimum atomic E-state index is 0.925. The van der Waals surface area contributed by atoms with Gasteiger partial charge in [0.25, 0.3) is 0 Å². The van der Waals surface area contributed by atoms with Crippen LogP contribution in [0, 0.1) is 6.92 Å². The molecular weight excluding hydrogens is 198 g/mol. The van der Waals surface area contributed by atoms with Gasteiger partial charge in [0.15, 0.2) is 0 Å². The Bertz CT molecular complexity index is 460. The van der Waals surface area contributed by atoms with Crippen LogP contribution in [0.3, 0.4) is 0 Å². The third-order valence-electron chi connectivity index (χ3n) is 2.82. The highest BCUT2D eigenvalue weighted by Crippen LogP contribution is 2.10. The van der Waals surface area contributed by atoms with Gasteiger partial charge < -0.3 is 9.88 Å². The number of imidazole rings is 1. The van der Waals surface area contributed by atoms with Gasteiger partial charge in [-0.05, 0) is 24.5 Å². The SMILES string of the molecule is CNc1nccn1CCc1ccccc1C. The maximum Gasteiger partial charge on any atom is 0.202 e. The zero-order chi connectivity index (χ0) is 11.4. The fourth-order valence-electron chi connectivity index (χ4n) is 1.85. The van der Waals surface area contributed by atoms with Gasteiger partial charge in [0, 0.05) is 26.0 Å². The van der Waals surface area contributed by atoms with E-state index in [-0.39, 0.29) is 0 Å². The van der Waals surface area contributed by atoms with Crippen molar-refractivity contribution >= 4 is 5.95 Å². The van der Waals surface area contributed by atoms with Gasteiger partial charge in [-0.2, -0.15) is 0 Å². The summed E-state index contributed by atoms with van der Waals surface area (Å²) in [5.74, 6) is 0.925. The Balaban J connectivity index is 2.05. The zero-order valence-corrected chi connectivity index (χ0v) is 9.77. The first-order valence-corrected chi connectivity index (χ1v) is 5.54. The molecule has 16 heavy (non-hydrogen) atoms. The third kappa shape index (κ3) is 2.24. The van der Waals surface area contributed by atoms with Gasteiger partial charge in [-0.25, -0.2) is 4.98 Å². The van der Waals surface area contributed by atoms with Crippen LogP contribution in [0.5, 0.6) is 0 Å². The van der Waals surface area contributed by atoms with E-state index in [0.29, 0.717) is 0 Å². The zero-order valence-electron chi connectivity index (χ0n) is 9.77. The molecule has 3 nitrogen and oxygen atoms in total.